The van der Waals surface area contributed by atoms with Gasteiger partial charge in [-0.25, -0.2) is 0 Å². The highest BCUT2D eigenvalue weighted by Crippen LogP contribution is 2.49. The van der Waals surface area contributed by atoms with Crippen LogP contribution in [-0.4, -0.2) is 20.8 Å². The zero-order valence-corrected chi connectivity index (χ0v) is 12.1. The predicted octanol–water partition coefficient (Wildman–Crippen LogP) is 3.24. The summed E-state index contributed by atoms with van der Waals surface area (Å²) < 4.78 is 11.0. The van der Waals surface area contributed by atoms with E-state index in [-0.39, 0.29) is 5.41 Å². The van der Waals surface area contributed by atoms with E-state index in [1.165, 1.54) is 22.8 Å². The summed E-state index contributed by atoms with van der Waals surface area (Å²) >= 11 is 0. The smallest absolute Gasteiger partial charge is 0.123 e. The maximum absolute atomic E-state index is 6.10. The van der Waals surface area contributed by atoms with Crippen molar-refractivity contribution in [2.45, 2.75) is 24.7 Å². The van der Waals surface area contributed by atoms with Crippen molar-refractivity contribution in [3.63, 3.8) is 0 Å². The molecule has 1 saturated carbocycles. The van der Waals surface area contributed by atoms with Gasteiger partial charge in [0, 0.05) is 17.5 Å². The predicted molar refractivity (Wildman–Crippen MR) is 81.6 cm³/mol. The Labute approximate surface area is 119 Å². The van der Waals surface area contributed by atoms with Crippen LogP contribution in [0.25, 0.3) is 10.8 Å². The molecule has 2 N–H and O–H groups in total. The Morgan fingerprint density at radius 1 is 1.10 bits per heavy atom. The maximum atomic E-state index is 6.10. The van der Waals surface area contributed by atoms with Gasteiger partial charge in [-0.15, -0.1) is 0 Å². The average molecular weight is 271 g/mol. The fourth-order valence-corrected chi connectivity index (χ4v) is 3.28. The van der Waals surface area contributed by atoms with E-state index in [1.807, 2.05) is 6.07 Å². The number of fused-ring (bicyclic) bond motifs is 1. The van der Waals surface area contributed by atoms with E-state index in [4.69, 9.17) is 15.2 Å². The van der Waals surface area contributed by atoms with Crippen LogP contribution in [0.3, 0.4) is 0 Å². The summed E-state index contributed by atoms with van der Waals surface area (Å²) in [5.41, 5.74) is 7.42. The van der Waals surface area contributed by atoms with E-state index >= 15 is 0 Å². The van der Waals surface area contributed by atoms with Crippen molar-refractivity contribution >= 4 is 10.8 Å². The minimum Gasteiger partial charge on any atom is -0.497 e. The second kappa shape index (κ2) is 4.98. The SMILES string of the molecule is COc1ccc2ccc(OC)c(C3(CN)CCC3)c2c1. The number of hydrogen-bond acceptors (Lipinski definition) is 3. The number of ether oxygens (including phenoxy) is 2. The van der Waals surface area contributed by atoms with Crippen LogP contribution in [0.15, 0.2) is 30.3 Å². The van der Waals surface area contributed by atoms with E-state index < -0.39 is 0 Å². The van der Waals surface area contributed by atoms with Crippen molar-refractivity contribution in [2.24, 2.45) is 5.73 Å². The molecule has 0 bridgehead atoms. The molecule has 20 heavy (non-hydrogen) atoms. The lowest BCUT2D eigenvalue weighted by atomic mass is 9.63. The number of rotatable bonds is 4. The highest BCUT2D eigenvalue weighted by atomic mass is 16.5. The molecule has 0 spiro atoms. The van der Waals surface area contributed by atoms with E-state index in [1.54, 1.807) is 14.2 Å². The Morgan fingerprint density at radius 2 is 1.85 bits per heavy atom. The first-order valence-corrected chi connectivity index (χ1v) is 7.09. The molecule has 3 nitrogen and oxygen atoms in total. The molecule has 0 aromatic heterocycles. The van der Waals surface area contributed by atoms with Gasteiger partial charge in [0.1, 0.15) is 11.5 Å². The summed E-state index contributed by atoms with van der Waals surface area (Å²) in [7, 11) is 3.43. The molecule has 106 valence electrons. The van der Waals surface area contributed by atoms with Crippen molar-refractivity contribution in [1.82, 2.24) is 0 Å². The molecule has 0 radical (unpaired) electrons. The molecule has 2 aromatic carbocycles. The van der Waals surface area contributed by atoms with Crippen LogP contribution in [0.2, 0.25) is 0 Å². The summed E-state index contributed by atoms with van der Waals surface area (Å²) in [6, 6.07) is 10.3. The van der Waals surface area contributed by atoms with Crippen LogP contribution in [-0.2, 0) is 5.41 Å². The summed E-state index contributed by atoms with van der Waals surface area (Å²) in [4.78, 5) is 0. The van der Waals surface area contributed by atoms with Crippen molar-refractivity contribution < 1.29 is 9.47 Å². The number of nitrogens with two attached hydrogens (primary N) is 1. The van der Waals surface area contributed by atoms with Gasteiger partial charge in [-0.1, -0.05) is 18.6 Å². The van der Waals surface area contributed by atoms with Gasteiger partial charge < -0.3 is 15.2 Å². The van der Waals surface area contributed by atoms with Crippen LogP contribution in [0.1, 0.15) is 24.8 Å². The highest BCUT2D eigenvalue weighted by Gasteiger charge is 2.40. The van der Waals surface area contributed by atoms with Gasteiger partial charge in [0.25, 0.3) is 0 Å². The first kappa shape index (κ1) is 13.3. The van der Waals surface area contributed by atoms with Crippen LogP contribution >= 0.6 is 0 Å². The van der Waals surface area contributed by atoms with Crippen molar-refractivity contribution in [2.75, 3.05) is 20.8 Å². The molecule has 0 heterocycles. The van der Waals surface area contributed by atoms with E-state index in [2.05, 4.69) is 24.3 Å². The van der Waals surface area contributed by atoms with Gasteiger partial charge in [-0.2, -0.15) is 0 Å². The molecule has 1 fully saturated rings. The summed E-state index contributed by atoms with van der Waals surface area (Å²) in [6.07, 6.45) is 3.51. The van der Waals surface area contributed by atoms with Crippen LogP contribution in [0.5, 0.6) is 11.5 Å². The molecule has 1 aliphatic carbocycles. The highest BCUT2D eigenvalue weighted by molar-refractivity contribution is 5.90. The molecular formula is C17H21NO2. The molecule has 2 aromatic rings. The van der Waals surface area contributed by atoms with E-state index in [0.29, 0.717) is 6.54 Å². The molecule has 0 atom stereocenters. The summed E-state index contributed by atoms with van der Waals surface area (Å²) in [5, 5.41) is 2.41. The van der Waals surface area contributed by atoms with Crippen LogP contribution < -0.4 is 15.2 Å². The molecular weight excluding hydrogens is 250 g/mol. The van der Waals surface area contributed by atoms with Crippen LogP contribution in [0.4, 0.5) is 0 Å². The Balaban J connectivity index is 2.30. The first-order chi connectivity index (χ1) is 9.74. The molecule has 3 heteroatoms. The molecule has 0 saturated heterocycles. The van der Waals surface area contributed by atoms with Crippen LogP contribution in [0, 0.1) is 0 Å². The van der Waals surface area contributed by atoms with Crippen molar-refractivity contribution in [3.05, 3.63) is 35.9 Å². The lowest BCUT2D eigenvalue weighted by Crippen LogP contribution is -2.42. The third-order valence-corrected chi connectivity index (χ3v) is 4.64. The quantitative estimate of drug-likeness (QED) is 0.928. The number of hydrogen-bond donors (Lipinski definition) is 1. The van der Waals surface area contributed by atoms with Crippen molar-refractivity contribution in [3.8, 4) is 11.5 Å². The monoisotopic (exact) mass is 271 g/mol. The van der Waals surface area contributed by atoms with Crippen molar-refractivity contribution in [1.29, 1.82) is 0 Å². The fraction of sp³-hybridized carbons (Fsp3) is 0.412. The molecule has 0 aliphatic heterocycles. The first-order valence-electron chi connectivity index (χ1n) is 7.09. The zero-order chi connectivity index (χ0) is 14.2. The number of benzene rings is 2. The molecule has 0 amide bonds. The standard InChI is InChI=1S/C17H21NO2/c1-19-13-6-4-12-5-7-15(20-2)16(14(12)10-13)17(11-18)8-3-9-17/h4-7,10H,3,8-9,11,18H2,1-2H3. The second-order valence-electron chi connectivity index (χ2n) is 5.57. The van der Waals surface area contributed by atoms with Gasteiger partial charge in [0.2, 0.25) is 0 Å². The lowest BCUT2D eigenvalue weighted by Gasteiger charge is -2.42. The third kappa shape index (κ3) is 1.85. The number of methoxy groups -OCH3 is 2. The normalized spacial score (nSPS) is 16.8. The minimum atomic E-state index is 0.0667. The van der Waals surface area contributed by atoms with E-state index in [9.17, 15) is 0 Å². The Kier molecular flexibility index (Phi) is 3.30. The van der Waals surface area contributed by atoms with E-state index in [0.717, 1.165) is 24.3 Å². The summed E-state index contributed by atoms with van der Waals surface area (Å²) in [6.45, 7) is 0.666. The molecule has 1 aliphatic rings. The molecule has 0 unspecified atom stereocenters. The maximum Gasteiger partial charge on any atom is 0.123 e. The topological polar surface area (TPSA) is 44.5 Å². The second-order valence-corrected chi connectivity index (χ2v) is 5.57. The minimum absolute atomic E-state index is 0.0667. The lowest BCUT2D eigenvalue weighted by molar-refractivity contribution is 0.246. The summed E-state index contributed by atoms with van der Waals surface area (Å²) in [5.74, 6) is 1.81. The Hall–Kier alpha value is -1.74. The largest absolute Gasteiger partial charge is 0.497 e. The van der Waals surface area contributed by atoms with Gasteiger partial charge in [-0.3, -0.25) is 0 Å². The Morgan fingerprint density at radius 3 is 2.40 bits per heavy atom. The molecule has 3 rings (SSSR count). The zero-order valence-electron chi connectivity index (χ0n) is 12.1. The Bertz CT molecular complexity index is 621. The van der Waals surface area contributed by atoms with Gasteiger partial charge >= 0.3 is 0 Å². The average Bonchev–Trinajstić information content (AvgIpc) is 2.46. The van der Waals surface area contributed by atoms with Gasteiger partial charge in [0.15, 0.2) is 0 Å². The fourth-order valence-electron chi connectivity index (χ4n) is 3.28. The third-order valence-electron chi connectivity index (χ3n) is 4.64. The van der Waals surface area contributed by atoms with Gasteiger partial charge in [-0.05, 0) is 41.8 Å². The van der Waals surface area contributed by atoms with Gasteiger partial charge in [0.05, 0.1) is 14.2 Å².